The molecule has 0 aliphatic carbocycles. The van der Waals surface area contributed by atoms with Crippen LogP contribution in [0.15, 0.2) is 67.0 Å². The van der Waals surface area contributed by atoms with Crippen molar-refractivity contribution in [3.05, 3.63) is 77.9 Å². The highest BCUT2D eigenvalue weighted by atomic mass is 35.5. The number of carbonyl (C=O) groups excluding carboxylic acids is 5. The molecule has 22 heteroatoms. The van der Waals surface area contributed by atoms with Crippen LogP contribution in [0.25, 0.3) is 0 Å². The Hall–Kier alpha value is -5.58. The lowest BCUT2D eigenvalue weighted by Crippen LogP contribution is -2.36. The predicted octanol–water partition coefficient (Wildman–Crippen LogP) is 6.04. The molecule has 394 valence electrons. The number of amides is 6. The number of nitrogens with zero attached hydrogens (tertiary/aromatic N) is 3. The first kappa shape index (κ1) is 57.3. The van der Waals surface area contributed by atoms with E-state index in [-0.39, 0.29) is 59.6 Å². The molecule has 0 spiro atoms. The van der Waals surface area contributed by atoms with Crippen LogP contribution in [-0.4, -0.2) is 147 Å². The van der Waals surface area contributed by atoms with Crippen molar-refractivity contribution in [3.63, 3.8) is 0 Å². The Balaban J connectivity index is 0.752. The molecular weight excluding hydrogens is 969 g/mol. The molecule has 2 aliphatic rings. The zero-order valence-corrected chi connectivity index (χ0v) is 42.7. The number of benzene rings is 2. The summed E-state index contributed by atoms with van der Waals surface area (Å²) < 4.78 is 30.2. The number of unbranched alkanes of at least 4 members (excludes halogenated alkanes) is 2. The molecule has 2 saturated heterocycles. The second-order valence-corrected chi connectivity index (χ2v) is 19.1. The minimum atomic E-state index is -0.511. The summed E-state index contributed by atoms with van der Waals surface area (Å²) in [7, 11) is 1.97. The molecule has 2 aromatic carbocycles. The van der Waals surface area contributed by atoms with Gasteiger partial charge in [-0.25, -0.2) is 19.2 Å². The van der Waals surface area contributed by atoms with Gasteiger partial charge in [0.15, 0.2) is 0 Å². The maximum atomic E-state index is 13.5. The Bertz CT molecular complexity index is 2200. The molecule has 0 radical (unpaired) electrons. The summed E-state index contributed by atoms with van der Waals surface area (Å²) in [6.07, 6.45) is 12.1. The van der Waals surface area contributed by atoms with E-state index >= 15 is 0 Å². The second-order valence-electron chi connectivity index (χ2n) is 17.4. The third kappa shape index (κ3) is 23.3. The molecule has 3 aromatic rings. The smallest absolute Gasteiger partial charge is 0.315 e. The molecule has 3 heterocycles. The highest BCUT2D eigenvalue weighted by Crippen LogP contribution is 2.33. The summed E-state index contributed by atoms with van der Waals surface area (Å²) in [5, 5.41) is 24.2. The molecule has 72 heavy (non-hydrogen) atoms. The molecule has 0 unspecified atom stereocenters. The second kappa shape index (κ2) is 33.2. The molecule has 8 N–H and O–H groups in total. The average Bonchev–Trinajstić information content (AvgIpc) is 3.91. The molecule has 2 aliphatic heterocycles. The lowest BCUT2D eigenvalue weighted by molar-refractivity contribution is -0.123. The third-order valence-corrected chi connectivity index (χ3v) is 13.2. The Morgan fingerprint density at radius 2 is 1.36 bits per heavy atom. The van der Waals surface area contributed by atoms with Crippen LogP contribution < -0.4 is 42.5 Å². The number of nitrogens with one attached hydrogen (secondary N) is 8. The fraction of sp³-hybridized carbons (Fsp3) is 0.540. The molecule has 2 fully saturated rings. The number of anilines is 5. The zero-order chi connectivity index (χ0) is 51.2. The number of aromatic nitrogens is 2. The van der Waals surface area contributed by atoms with E-state index in [2.05, 4.69) is 57.4 Å². The molecule has 5 rings (SSSR count). The van der Waals surface area contributed by atoms with Gasteiger partial charge in [-0.05, 0) is 94.9 Å². The standard InChI is InChI=1S/C50H71ClFN11O8S/c1-63(24-8-17-48(67)60-37-12-6-11-36(31-37)58-43-33-44(57-35-56-43)59-38-18-19-40(52)39(51)32-38)23-5-4-20-53-46(65)15-7-16-47(66)55-22-10-26-70-28-30-71-29-27-69-25-9-21-54-45(64)14-3-2-13-42-49-41(34-72-42)61-50(68)62-49/h6,8,11-12,17-19,31-33,35,41-42,49H,2-5,7,9-10,13-16,20-30,34H2,1H3,(H,53,65)(H,54,64)(H,55,66)(H,60,67)(H2,61,62,68)(H2,56,57,58,59)/t41-,42-,49-/m0/s1. The monoisotopic (exact) mass is 1040 g/mol. The van der Waals surface area contributed by atoms with Crippen LogP contribution in [0.2, 0.25) is 5.02 Å². The van der Waals surface area contributed by atoms with Gasteiger partial charge in [0.2, 0.25) is 23.6 Å². The van der Waals surface area contributed by atoms with Crippen molar-refractivity contribution in [1.29, 1.82) is 0 Å². The lowest BCUT2D eigenvalue weighted by Gasteiger charge is -2.16. The van der Waals surface area contributed by atoms with Crippen molar-refractivity contribution in [3.8, 4) is 0 Å². The first-order valence-corrected chi connectivity index (χ1v) is 26.2. The summed E-state index contributed by atoms with van der Waals surface area (Å²) in [6, 6.07) is 13.6. The highest BCUT2D eigenvalue weighted by Gasteiger charge is 2.42. The molecule has 6 amide bonds. The van der Waals surface area contributed by atoms with Crippen molar-refractivity contribution in [2.45, 2.75) is 88.0 Å². The maximum Gasteiger partial charge on any atom is 0.315 e. The number of thioether (sulfide) groups is 1. The van der Waals surface area contributed by atoms with Gasteiger partial charge >= 0.3 is 6.03 Å². The number of halogens is 2. The van der Waals surface area contributed by atoms with Crippen molar-refractivity contribution >= 4 is 81.7 Å². The third-order valence-electron chi connectivity index (χ3n) is 11.4. The van der Waals surface area contributed by atoms with Crippen LogP contribution in [0.5, 0.6) is 0 Å². The van der Waals surface area contributed by atoms with Gasteiger partial charge in [0.25, 0.3) is 0 Å². The van der Waals surface area contributed by atoms with Crippen molar-refractivity contribution in [2.75, 3.05) is 101 Å². The summed E-state index contributed by atoms with van der Waals surface area (Å²) in [4.78, 5) is 71.3. The number of fused-ring (bicyclic) bond motifs is 1. The molecule has 19 nitrogen and oxygen atoms in total. The normalized spacial score (nSPS) is 16.0. The van der Waals surface area contributed by atoms with Gasteiger partial charge in [-0.3, -0.25) is 19.2 Å². The van der Waals surface area contributed by atoms with Gasteiger partial charge < -0.3 is 61.6 Å². The van der Waals surface area contributed by atoms with Gasteiger partial charge in [-0.15, -0.1) is 0 Å². The minimum absolute atomic E-state index is 0.00237. The first-order chi connectivity index (χ1) is 35.0. The average molecular weight is 1040 g/mol. The number of hydrogen-bond acceptors (Lipinski definition) is 14. The van der Waals surface area contributed by atoms with Crippen LogP contribution in [0.4, 0.5) is 37.9 Å². The van der Waals surface area contributed by atoms with Crippen molar-refractivity contribution in [2.24, 2.45) is 0 Å². The minimum Gasteiger partial charge on any atom is -0.379 e. The number of urea groups is 1. The fourth-order valence-electron chi connectivity index (χ4n) is 7.68. The summed E-state index contributed by atoms with van der Waals surface area (Å²) in [5.41, 5.74) is 1.87. The topological polar surface area (TPSA) is 238 Å². The molecule has 0 bridgehead atoms. The molecule has 0 saturated carbocycles. The Labute approximate surface area is 431 Å². The van der Waals surface area contributed by atoms with E-state index in [0.29, 0.717) is 119 Å². The van der Waals surface area contributed by atoms with E-state index in [1.165, 1.54) is 24.5 Å². The van der Waals surface area contributed by atoms with Gasteiger partial charge in [-0.2, -0.15) is 11.8 Å². The first-order valence-electron chi connectivity index (χ1n) is 24.8. The van der Waals surface area contributed by atoms with Gasteiger partial charge in [0.1, 0.15) is 23.8 Å². The number of rotatable bonds is 36. The van der Waals surface area contributed by atoms with Gasteiger partial charge in [0.05, 0.1) is 43.5 Å². The number of likely N-dealkylation sites (N-methyl/N-ethyl adjacent to an activating group) is 1. The fourth-order valence-corrected chi connectivity index (χ4v) is 9.41. The van der Waals surface area contributed by atoms with Gasteiger partial charge in [0, 0.05) is 98.9 Å². The SMILES string of the molecule is CN(CC=CC(=O)Nc1cccc(Nc2cc(Nc3ccc(F)c(Cl)c3)ncn2)c1)CCCCNC(=O)CCCC(=O)NCCCOCCOCCOCCCNC(=O)CCCC[C@@H]1SC[C@@H]2NC(=O)N[C@@H]21. The van der Waals surface area contributed by atoms with Crippen LogP contribution in [-0.2, 0) is 33.4 Å². The molecule has 1 aromatic heterocycles. The van der Waals surface area contributed by atoms with E-state index in [9.17, 15) is 28.4 Å². The summed E-state index contributed by atoms with van der Waals surface area (Å²) in [5.74, 6) is 1.06. The van der Waals surface area contributed by atoms with E-state index in [1.54, 1.807) is 36.4 Å². The number of ether oxygens (including phenoxy) is 3. The van der Waals surface area contributed by atoms with Crippen LogP contribution in [0.1, 0.15) is 70.6 Å². The molecule has 3 atom stereocenters. The van der Waals surface area contributed by atoms with E-state index in [1.807, 2.05) is 24.9 Å². The van der Waals surface area contributed by atoms with Crippen LogP contribution in [0, 0.1) is 5.82 Å². The highest BCUT2D eigenvalue weighted by molar-refractivity contribution is 8.00. The number of carbonyl (C=O) groups is 5. The quantitative estimate of drug-likeness (QED) is 0.0189. The summed E-state index contributed by atoms with van der Waals surface area (Å²) >= 11 is 7.78. The van der Waals surface area contributed by atoms with Crippen LogP contribution in [0.3, 0.4) is 0 Å². The number of hydrogen-bond donors (Lipinski definition) is 8. The van der Waals surface area contributed by atoms with E-state index in [4.69, 9.17) is 25.8 Å². The lowest BCUT2D eigenvalue weighted by atomic mass is 10.0. The Kier molecular flexibility index (Phi) is 26.4. The van der Waals surface area contributed by atoms with E-state index in [0.717, 1.165) is 50.8 Å². The Morgan fingerprint density at radius 3 is 2.03 bits per heavy atom. The zero-order valence-electron chi connectivity index (χ0n) is 41.1. The summed E-state index contributed by atoms with van der Waals surface area (Å²) in [6.45, 7) is 5.87. The largest absolute Gasteiger partial charge is 0.379 e. The molecular formula is C50H71ClFN11O8S. The van der Waals surface area contributed by atoms with Crippen molar-refractivity contribution < 1.29 is 42.6 Å². The van der Waals surface area contributed by atoms with Gasteiger partial charge in [-0.1, -0.05) is 30.2 Å². The predicted molar refractivity (Wildman–Crippen MR) is 279 cm³/mol. The van der Waals surface area contributed by atoms with E-state index < -0.39 is 5.82 Å². The Morgan fingerprint density at radius 1 is 0.750 bits per heavy atom. The van der Waals surface area contributed by atoms with Crippen LogP contribution >= 0.6 is 23.4 Å². The maximum absolute atomic E-state index is 13.5. The van der Waals surface area contributed by atoms with Crippen molar-refractivity contribution in [1.82, 2.24) is 41.5 Å².